The van der Waals surface area contributed by atoms with Gasteiger partial charge in [0.25, 0.3) is 0 Å². The fourth-order valence-corrected chi connectivity index (χ4v) is 4.25. The van der Waals surface area contributed by atoms with E-state index in [-0.39, 0.29) is 12.4 Å². The third-order valence-corrected chi connectivity index (χ3v) is 5.71. The molecule has 1 aromatic rings. The van der Waals surface area contributed by atoms with Crippen molar-refractivity contribution in [2.45, 2.75) is 57.0 Å². The number of rotatable bonds is 4. The van der Waals surface area contributed by atoms with Gasteiger partial charge in [-0.3, -0.25) is 4.90 Å². The first-order valence-electron chi connectivity index (χ1n) is 8.93. The van der Waals surface area contributed by atoms with E-state index in [0.29, 0.717) is 0 Å². The minimum Gasteiger partial charge on any atom is -0.314 e. The van der Waals surface area contributed by atoms with Gasteiger partial charge in [-0.2, -0.15) is 0 Å². The standard InChI is InChI=1S/C19H28N2.ClH/c1-3-15(13-18(4-1)16-6-7-16)14-21-11-8-17(9-12-21)19-5-2-10-20-19;/h1,3-4,13,16-17,19-20H,2,5-12,14H2;1H. The molecule has 0 radical (unpaired) electrons. The Morgan fingerprint density at radius 2 is 1.86 bits per heavy atom. The maximum atomic E-state index is 3.70. The Morgan fingerprint density at radius 1 is 1.05 bits per heavy atom. The Labute approximate surface area is 141 Å². The molecule has 3 fully saturated rings. The summed E-state index contributed by atoms with van der Waals surface area (Å²) in [5, 5.41) is 3.70. The van der Waals surface area contributed by atoms with Crippen LogP contribution in [-0.2, 0) is 6.54 Å². The Hall–Kier alpha value is -0.570. The first-order chi connectivity index (χ1) is 10.4. The third kappa shape index (κ3) is 3.84. The summed E-state index contributed by atoms with van der Waals surface area (Å²) >= 11 is 0. The lowest BCUT2D eigenvalue weighted by atomic mass is 9.88. The van der Waals surface area contributed by atoms with Crippen LogP contribution in [0.25, 0.3) is 0 Å². The molecule has 2 aliphatic heterocycles. The van der Waals surface area contributed by atoms with E-state index >= 15 is 0 Å². The van der Waals surface area contributed by atoms with Crippen LogP contribution in [0.15, 0.2) is 24.3 Å². The summed E-state index contributed by atoms with van der Waals surface area (Å²) in [6, 6.07) is 10.2. The topological polar surface area (TPSA) is 15.3 Å². The Balaban J connectivity index is 0.00000144. The highest BCUT2D eigenvalue weighted by molar-refractivity contribution is 5.85. The van der Waals surface area contributed by atoms with Crippen LogP contribution in [0.2, 0.25) is 0 Å². The lowest BCUT2D eigenvalue weighted by Gasteiger charge is -2.35. The zero-order chi connectivity index (χ0) is 14.1. The van der Waals surface area contributed by atoms with Crippen molar-refractivity contribution in [3.8, 4) is 0 Å². The van der Waals surface area contributed by atoms with E-state index in [2.05, 4.69) is 34.5 Å². The maximum Gasteiger partial charge on any atom is 0.0233 e. The Morgan fingerprint density at radius 3 is 2.55 bits per heavy atom. The van der Waals surface area contributed by atoms with Crippen LogP contribution in [-0.4, -0.2) is 30.6 Å². The minimum atomic E-state index is 0. The molecule has 1 aliphatic carbocycles. The van der Waals surface area contributed by atoms with Crippen molar-refractivity contribution < 1.29 is 0 Å². The lowest BCUT2D eigenvalue weighted by molar-refractivity contribution is 0.157. The summed E-state index contributed by atoms with van der Waals surface area (Å²) in [6.07, 6.45) is 8.39. The molecule has 122 valence electrons. The molecule has 0 spiro atoms. The Kier molecular flexibility index (Phi) is 5.43. The van der Waals surface area contributed by atoms with Gasteiger partial charge in [0.1, 0.15) is 0 Å². The lowest BCUT2D eigenvalue weighted by Crippen LogP contribution is -2.40. The summed E-state index contributed by atoms with van der Waals surface area (Å²) in [5.41, 5.74) is 3.11. The van der Waals surface area contributed by atoms with Gasteiger partial charge in [-0.1, -0.05) is 24.3 Å². The van der Waals surface area contributed by atoms with Crippen LogP contribution in [0.5, 0.6) is 0 Å². The van der Waals surface area contributed by atoms with E-state index in [9.17, 15) is 0 Å². The molecule has 1 saturated carbocycles. The summed E-state index contributed by atoms with van der Waals surface area (Å²) in [5.74, 6) is 1.81. The van der Waals surface area contributed by atoms with Crippen LogP contribution in [0.1, 0.15) is 55.6 Å². The molecule has 3 heteroatoms. The average molecular weight is 321 g/mol. The molecule has 1 unspecified atom stereocenters. The zero-order valence-electron chi connectivity index (χ0n) is 13.5. The van der Waals surface area contributed by atoms with E-state index in [0.717, 1.165) is 24.4 Å². The van der Waals surface area contributed by atoms with Crippen LogP contribution >= 0.6 is 12.4 Å². The van der Waals surface area contributed by atoms with Gasteiger partial charge >= 0.3 is 0 Å². The third-order valence-electron chi connectivity index (χ3n) is 5.71. The van der Waals surface area contributed by atoms with E-state index in [1.54, 1.807) is 5.56 Å². The zero-order valence-corrected chi connectivity index (χ0v) is 14.3. The SMILES string of the molecule is Cl.c1cc(CN2CCC(C3CCCN3)CC2)cc(C2CC2)c1. The monoisotopic (exact) mass is 320 g/mol. The van der Waals surface area contributed by atoms with Gasteiger partial charge < -0.3 is 5.32 Å². The highest BCUT2D eigenvalue weighted by Gasteiger charge is 2.28. The second-order valence-electron chi connectivity index (χ2n) is 7.34. The van der Waals surface area contributed by atoms with Crippen molar-refractivity contribution in [3.05, 3.63) is 35.4 Å². The predicted molar refractivity (Wildman–Crippen MR) is 94.7 cm³/mol. The number of halogens is 1. The smallest absolute Gasteiger partial charge is 0.0233 e. The highest BCUT2D eigenvalue weighted by Crippen LogP contribution is 2.40. The molecule has 1 aromatic carbocycles. The van der Waals surface area contributed by atoms with Crippen molar-refractivity contribution in [1.82, 2.24) is 10.2 Å². The first kappa shape index (κ1) is 16.3. The van der Waals surface area contributed by atoms with Crippen molar-refractivity contribution in [2.75, 3.05) is 19.6 Å². The molecule has 2 saturated heterocycles. The van der Waals surface area contributed by atoms with Gasteiger partial charge in [0.2, 0.25) is 0 Å². The van der Waals surface area contributed by atoms with Gasteiger partial charge in [0.15, 0.2) is 0 Å². The molecule has 1 N–H and O–H groups in total. The van der Waals surface area contributed by atoms with Crippen LogP contribution in [0.4, 0.5) is 0 Å². The summed E-state index contributed by atoms with van der Waals surface area (Å²) in [4.78, 5) is 2.66. The molecular weight excluding hydrogens is 292 g/mol. The van der Waals surface area contributed by atoms with E-state index in [1.807, 2.05) is 0 Å². The van der Waals surface area contributed by atoms with Crippen LogP contribution in [0, 0.1) is 5.92 Å². The quantitative estimate of drug-likeness (QED) is 0.903. The molecule has 0 amide bonds. The molecule has 4 rings (SSSR count). The fourth-order valence-electron chi connectivity index (χ4n) is 4.25. The predicted octanol–water partition coefficient (Wildman–Crippen LogP) is 3.95. The number of piperidine rings is 1. The van der Waals surface area contributed by atoms with Crippen LogP contribution < -0.4 is 5.32 Å². The molecule has 2 nitrogen and oxygen atoms in total. The fraction of sp³-hybridized carbons (Fsp3) is 0.684. The second-order valence-corrected chi connectivity index (χ2v) is 7.34. The number of hydrogen-bond donors (Lipinski definition) is 1. The molecule has 0 bridgehead atoms. The summed E-state index contributed by atoms with van der Waals surface area (Å²) < 4.78 is 0. The van der Waals surface area contributed by atoms with E-state index < -0.39 is 0 Å². The molecule has 0 aromatic heterocycles. The van der Waals surface area contributed by atoms with Crippen molar-refractivity contribution >= 4 is 12.4 Å². The molecule has 2 heterocycles. The van der Waals surface area contributed by atoms with Crippen molar-refractivity contribution in [1.29, 1.82) is 0 Å². The number of hydrogen-bond acceptors (Lipinski definition) is 2. The first-order valence-corrected chi connectivity index (χ1v) is 8.93. The van der Waals surface area contributed by atoms with E-state index in [4.69, 9.17) is 0 Å². The summed E-state index contributed by atoms with van der Waals surface area (Å²) in [7, 11) is 0. The van der Waals surface area contributed by atoms with Gasteiger partial charge in [-0.05, 0) is 81.1 Å². The molecule has 3 aliphatic rings. The number of nitrogens with zero attached hydrogens (tertiary/aromatic N) is 1. The number of nitrogens with one attached hydrogen (secondary N) is 1. The molecular formula is C19H29ClN2. The Bertz CT molecular complexity index is 472. The van der Waals surface area contributed by atoms with Crippen LogP contribution in [0.3, 0.4) is 0 Å². The minimum absolute atomic E-state index is 0. The number of likely N-dealkylation sites (tertiary alicyclic amines) is 1. The average Bonchev–Trinajstić information content (AvgIpc) is 3.24. The largest absolute Gasteiger partial charge is 0.314 e. The maximum absolute atomic E-state index is 3.70. The normalized spacial score (nSPS) is 26.8. The molecule has 22 heavy (non-hydrogen) atoms. The van der Waals surface area contributed by atoms with Gasteiger partial charge in [0.05, 0.1) is 0 Å². The van der Waals surface area contributed by atoms with Gasteiger partial charge in [-0.15, -0.1) is 12.4 Å². The number of benzene rings is 1. The summed E-state index contributed by atoms with van der Waals surface area (Å²) in [6.45, 7) is 4.98. The van der Waals surface area contributed by atoms with E-state index in [1.165, 1.54) is 63.7 Å². The molecule has 1 atom stereocenters. The second kappa shape index (κ2) is 7.33. The van der Waals surface area contributed by atoms with Gasteiger partial charge in [0, 0.05) is 12.6 Å². The highest BCUT2D eigenvalue weighted by atomic mass is 35.5. The van der Waals surface area contributed by atoms with Crippen molar-refractivity contribution in [3.63, 3.8) is 0 Å². The van der Waals surface area contributed by atoms with Gasteiger partial charge in [-0.25, -0.2) is 0 Å². The van der Waals surface area contributed by atoms with Crippen molar-refractivity contribution in [2.24, 2.45) is 5.92 Å².